The zero-order valence-electron chi connectivity index (χ0n) is 8.21. The molecule has 2 rings (SSSR count). The average Bonchev–Trinajstić information content (AvgIpc) is 2.17. The number of aryl methyl sites for hydroxylation is 2. The van der Waals surface area contributed by atoms with Crippen molar-refractivity contribution in [3.05, 3.63) is 34.7 Å². The number of nitrogens with zero attached hydrogens (tertiary/aromatic N) is 2. The van der Waals surface area contributed by atoms with Crippen molar-refractivity contribution in [3.63, 3.8) is 0 Å². The molecule has 0 atom stereocenters. The molecule has 0 N–H and O–H groups in total. The van der Waals surface area contributed by atoms with Gasteiger partial charge in [-0.1, -0.05) is 18.6 Å². The highest BCUT2D eigenvalue weighted by Crippen LogP contribution is 2.19. The number of fused-ring (bicyclic) bond motifs is 1. The number of rotatable bonds is 1. The van der Waals surface area contributed by atoms with Gasteiger partial charge in [0, 0.05) is 5.39 Å². The molecule has 2 aromatic rings. The highest BCUT2D eigenvalue weighted by molar-refractivity contribution is 6.28. The highest BCUT2D eigenvalue weighted by atomic mass is 35.5. The zero-order chi connectivity index (χ0) is 10.1. The van der Waals surface area contributed by atoms with Crippen LogP contribution in [0.15, 0.2) is 18.2 Å². The first-order valence-corrected chi connectivity index (χ1v) is 5.01. The summed E-state index contributed by atoms with van der Waals surface area (Å²) in [6.45, 7) is 4.13. The van der Waals surface area contributed by atoms with Gasteiger partial charge in [0.05, 0.1) is 11.2 Å². The van der Waals surface area contributed by atoms with Crippen LogP contribution in [-0.2, 0) is 6.42 Å². The lowest BCUT2D eigenvalue weighted by atomic mass is 10.1. The fraction of sp³-hybridized carbons (Fsp3) is 0.273. The number of benzene rings is 1. The summed E-state index contributed by atoms with van der Waals surface area (Å²) in [5.74, 6) is 0. The molecule has 0 aliphatic heterocycles. The Morgan fingerprint density at radius 1 is 1.29 bits per heavy atom. The first-order chi connectivity index (χ1) is 6.70. The minimum absolute atomic E-state index is 0.332. The van der Waals surface area contributed by atoms with E-state index in [9.17, 15) is 0 Å². The van der Waals surface area contributed by atoms with Crippen molar-refractivity contribution in [2.45, 2.75) is 20.3 Å². The monoisotopic (exact) mass is 206 g/mol. The van der Waals surface area contributed by atoms with Crippen molar-refractivity contribution in [2.75, 3.05) is 0 Å². The lowest BCUT2D eigenvalue weighted by Gasteiger charge is -2.04. The van der Waals surface area contributed by atoms with Gasteiger partial charge in [0.2, 0.25) is 5.28 Å². The van der Waals surface area contributed by atoms with Crippen molar-refractivity contribution in [1.82, 2.24) is 9.97 Å². The van der Waals surface area contributed by atoms with Gasteiger partial charge in [0.25, 0.3) is 0 Å². The molecule has 0 aliphatic rings. The summed E-state index contributed by atoms with van der Waals surface area (Å²) in [5, 5.41) is 1.44. The van der Waals surface area contributed by atoms with Crippen LogP contribution < -0.4 is 0 Å². The third-order valence-corrected chi connectivity index (χ3v) is 2.41. The largest absolute Gasteiger partial charge is 0.223 e. The van der Waals surface area contributed by atoms with E-state index in [1.807, 2.05) is 12.1 Å². The van der Waals surface area contributed by atoms with Crippen LogP contribution in [-0.4, -0.2) is 9.97 Å². The Balaban J connectivity index is 2.81. The van der Waals surface area contributed by atoms with Gasteiger partial charge in [-0.25, -0.2) is 9.97 Å². The first-order valence-electron chi connectivity index (χ1n) is 4.63. The number of hydrogen-bond acceptors (Lipinski definition) is 2. The Hall–Kier alpha value is -1.15. The third-order valence-electron chi connectivity index (χ3n) is 2.24. The predicted octanol–water partition coefficient (Wildman–Crippen LogP) is 3.15. The SMILES string of the molecule is CCc1nc(Cl)nc2ccc(C)cc12. The lowest BCUT2D eigenvalue weighted by Crippen LogP contribution is -1.93. The summed E-state index contributed by atoms with van der Waals surface area (Å²) in [5.41, 5.74) is 3.16. The molecule has 0 unspecified atom stereocenters. The average molecular weight is 207 g/mol. The van der Waals surface area contributed by atoms with Gasteiger partial charge in [-0.15, -0.1) is 0 Å². The molecule has 0 saturated carbocycles. The Morgan fingerprint density at radius 3 is 2.79 bits per heavy atom. The van der Waals surface area contributed by atoms with E-state index in [-0.39, 0.29) is 0 Å². The molecule has 0 saturated heterocycles. The molecular formula is C11H11ClN2. The lowest BCUT2D eigenvalue weighted by molar-refractivity contribution is 1.03. The summed E-state index contributed by atoms with van der Waals surface area (Å²) in [7, 11) is 0. The molecule has 14 heavy (non-hydrogen) atoms. The Bertz CT molecular complexity index is 480. The molecule has 0 aliphatic carbocycles. The molecule has 72 valence electrons. The quantitative estimate of drug-likeness (QED) is 0.670. The summed E-state index contributed by atoms with van der Waals surface area (Å²) >= 11 is 5.82. The van der Waals surface area contributed by atoms with E-state index < -0.39 is 0 Å². The maximum atomic E-state index is 5.82. The van der Waals surface area contributed by atoms with E-state index in [4.69, 9.17) is 11.6 Å². The molecule has 1 aromatic carbocycles. The van der Waals surface area contributed by atoms with Crippen molar-refractivity contribution >= 4 is 22.5 Å². The van der Waals surface area contributed by atoms with Crippen LogP contribution in [0.25, 0.3) is 10.9 Å². The fourth-order valence-corrected chi connectivity index (χ4v) is 1.74. The highest BCUT2D eigenvalue weighted by Gasteiger charge is 2.04. The van der Waals surface area contributed by atoms with E-state index >= 15 is 0 Å². The summed E-state index contributed by atoms with van der Waals surface area (Å²) in [6, 6.07) is 6.12. The summed E-state index contributed by atoms with van der Waals surface area (Å²) in [4.78, 5) is 8.39. The van der Waals surface area contributed by atoms with Crippen molar-refractivity contribution in [1.29, 1.82) is 0 Å². The summed E-state index contributed by atoms with van der Waals surface area (Å²) < 4.78 is 0. The van der Waals surface area contributed by atoms with E-state index in [0.29, 0.717) is 5.28 Å². The van der Waals surface area contributed by atoms with Gasteiger partial charge in [0.15, 0.2) is 0 Å². The van der Waals surface area contributed by atoms with Crippen LogP contribution in [0.2, 0.25) is 5.28 Å². The van der Waals surface area contributed by atoms with Gasteiger partial charge in [-0.05, 0) is 37.1 Å². The molecule has 0 fully saturated rings. The molecule has 1 heterocycles. The van der Waals surface area contributed by atoms with Crippen LogP contribution in [0.4, 0.5) is 0 Å². The van der Waals surface area contributed by atoms with Gasteiger partial charge >= 0.3 is 0 Å². The second kappa shape index (κ2) is 3.54. The Morgan fingerprint density at radius 2 is 2.07 bits per heavy atom. The molecule has 0 bridgehead atoms. The summed E-state index contributed by atoms with van der Waals surface area (Å²) in [6.07, 6.45) is 0.877. The van der Waals surface area contributed by atoms with Crippen LogP contribution in [0.3, 0.4) is 0 Å². The van der Waals surface area contributed by atoms with Crippen molar-refractivity contribution in [2.24, 2.45) is 0 Å². The van der Waals surface area contributed by atoms with Crippen LogP contribution in [0.1, 0.15) is 18.2 Å². The second-order valence-corrected chi connectivity index (χ2v) is 3.65. The topological polar surface area (TPSA) is 25.8 Å². The van der Waals surface area contributed by atoms with Crippen molar-refractivity contribution in [3.8, 4) is 0 Å². The smallest absolute Gasteiger partial charge is 0.222 e. The van der Waals surface area contributed by atoms with Gasteiger partial charge in [-0.3, -0.25) is 0 Å². The Kier molecular flexibility index (Phi) is 2.38. The minimum Gasteiger partial charge on any atom is -0.222 e. The Labute approximate surface area is 88.0 Å². The van der Waals surface area contributed by atoms with Gasteiger partial charge in [-0.2, -0.15) is 0 Å². The van der Waals surface area contributed by atoms with Crippen molar-refractivity contribution < 1.29 is 0 Å². The first kappa shape index (κ1) is 9.41. The molecule has 2 nitrogen and oxygen atoms in total. The normalized spacial score (nSPS) is 10.8. The van der Waals surface area contributed by atoms with E-state index in [0.717, 1.165) is 23.0 Å². The third kappa shape index (κ3) is 1.58. The van der Waals surface area contributed by atoms with Gasteiger partial charge in [0.1, 0.15) is 0 Å². The van der Waals surface area contributed by atoms with Crippen LogP contribution in [0.5, 0.6) is 0 Å². The number of halogens is 1. The molecule has 1 aromatic heterocycles. The zero-order valence-corrected chi connectivity index (χ0v) is 8.97. The molecule has 3 heteroatoms. The second-order valence-electron chi connectivity index (χ2n) is 3.31. The predicted molar refractivity (Wildman–Crippen MR) is 58.7 cm³/mol. The fourth-order valence-electron chi connectivity index (χ4n) is 1.54. The maximum absolute atomic E-state index is 5.82. The van der Waals surface area contributed by atoms with E-state index in [1.54, 1.807) is 0 Å². The molecule has 0 amide bonds. The number of aromatic nitrogens is 2. The van der Waals surface area contributed by atoms with Crippen LogP contribution in [0, 0.1) is 6.92 Å². The maximum Gasteiger partial charge on any atom is 0.223 e. The van der Waals surface area contributed by atoms with Gasteiger partial charge < -0.3 is 0 Å². The minimum atomic E-state index is 0.332. The van der Waals surface area contributed by atoms with Crippen LogP contribution >= 0.6 is 11.6 Å². The molecular weight excluding hydrogens is 196 g/mol. The molecule has 0 spiro atoms. The number of hydrogen-bond donors (Lipinski definition) is 0. The molecule has 0 radical (unpaired) electrons. The van der Waals surface area contributed by atoms with E-state index in [1.165, 1.54) is 5.56 Å². The standard InChI is InChI=1S/C11H11ClN2/c1-3-9-8-6-7(2)4-5-10(8)14-11(12)13-9/h4-6H,3H2,1-2H3. The van der Waals surface area contributed by atoms with E-state index in [2.05, 4.69) is 29.9 Å².